The summed E-state index contributed by atoms with van der Waals surface area (Å²) in [5.74, 6) is 1.07. The van der Waals surface area contributed by atoms with Gasteiger partial charge in [0.05, 0.1) is 0 Å². The molecular formula is C17H27IN4. The van der Waals surface area contributed by atoms with E-state index in [1.165, 1.54) is 22.0 Å². The minimum Gasteiger partial charge on any atom is -0.370 e. The summed E-state index contributed by atoms with van der Waals surface area (Å²) >= 11 is 0. The number of aromatic amines is 1. The number of H-pyrrole nitrogens is 1. The van der Waals surface area contributed by atoms with Crippen LogP contribution in [0.4, 0.5) is 0 Å². The summed E-state index contributed by atoms with van der Waals surface area (Å²) < 4.78 is 0. The number of rotatable bonds is 6. The Bertz CT molecular complexity index is 616. The van der Waals surface area contributed by atoms with Crippen LogP contribution in [0.15, 0.2) is 29.4 Å². The van der Waals surface area contributed by atoms with E-state index in [4.69, 9.17) is 5.73 Å². The topological polar surface area (TPSA) is 66.2 Å². The highest BCUT2D eigenvalue weighted by molar-refractivity contribution is 14.0. The number of nitrogens with two attached hydrogens (primary N) is 1. The first-order valence-electron chi connectivity index (χ1n) is 7.73. The van der Waals surface area contributed by atoms with E-state index in [2.05, 4.69) is 60.5 Å². The molecule has 0 fully saturated rings. The van der Waals surface area contributed by atoms with E-state index in [-0.39, 0.29) is 24.0 Å². The Morgan fingerprint density at radius 3 is 2.77 bits per heavy atom. The Kier molecular flexibility index (Phi) is 7.72. The van der Waals surface area contributed by atoms with Gasteiger partial charge in [0, 0.05) is 30.2 Å². The molecule has 4 N–H and O–H groups in total. The molecule has 0 amide bonds. The van der Waals surface area contributed by atoms with Crippen LogP contribution in [0.25, 0.3) is 10.9 Å². The van der Waals surface area contributed by atoms with Gasteiger partial charge in [0.25, 0.3) is 0 Å². The molecule has 0 aliphatic heterocycles. The smallest absolute Gasteiger partial charge is 0.188 e. The van der Waals surface area contributed by atoms with Crippen LogP contribution in [0.1, 0.15) is 31.9 Å². The third-order valence-electron chi connectivity index (χ3n) is 3.60. The maximum Gasteiger partial charge on any atom is 0.188 e. The summed E-state index contributed by atoms with van der Waals surface area (Å²) in [6, 6.07) is 6.48. The first kappa shape index (κ1) is 18.8. The Morgan fingerprint density at radius 2 is 2.09 bits per heavy atom. The van der Waals surface area contributed by atoms with Crippen molar-refractivity contribution < 1.29 is 0 Å². The molecule has 0 aliphatic carbocycles. The van der Waals surface area contributed by atoms with E-state index in [0.29, 0.717) is 11.9 Å². The molecule has 0 spiro atoms. The van der Waals surface area contributed by atoms with Crippen molar-refractivity contribution >= 4 is 40.8 Å². The molecule has 0 radical (unpaired) electrons. The van der Waals surface area contributed by atoms with Crippen molar-refractivity contribution in [1.29, 1.82) is 0 Å². The van der Waals surface area contributed by atoms with Gasteiger partial charge in [0.1, 0.15) is 0 Å². The first-order valence-corrected chi connectivity index (χ1v) is 7.73. The Labute approximate surface area is 150 Å². The largest absolute Gasteiger partial charge is 0.370 e. The number of aryl methyl sites for hydroxylation is 1. The van der Waals surface area contributed by atoms with E-state index in [1.807, 2.05) is 0 Å². The number of aliphatic imine (C=N–C) groups is 1. The number of guanidine groups is 1. The van der Waals surface area contributed by atoms with Gasteiger partial charge in [-0.1, -0.05) is 39.0 Å². The summed E-state index contributed by atoms with van der Waals surface area (Å²) in [6.45, 7) is 8.02. The summed E-state index contributed by atoms with van der Waals surface area (Å²) in [7, 11) is 0. The third kappa shape index (κ3) is 4.90. The molecule has 4 nitrogen and oxygen atoms in total. The standard InChI is InChI=1S/C17H26N4.HI/c1-4-13-6-5-7-15-14(11-20-16(13)15)8-9-19-17(18)21-10-12(2)3;/h5-7,11-12,20H,4,8-10H2,1-3H3,(H3,18,19,21);1H. The monoisotopic (exact) mass is 414 g/mol. The zero-order valence-corrected chi connectivity index (χ0v) is 16.0. The van der Waals surface area contributed by atoms with Crippen LogP contribution < -0.4 is 11.1 Å². The van der Waals surface area contributed by atoms with Gasteiger partial charge in [-0.15, -0.1) is 24.0 Å². The van der Waals surface area contributed by atoms with Crippen molar-refractivity contribution in [2.45, 2.75) is 33.6 Å². The number of hydrogen-bond donors (Lipinski definition) is 3. The summed E-state index contributed by atoms with van der Waals surface area (Å²) in [5.41, 5.74) is 9.80. The second-order valence-electron chi connectivity index (χ2n) is 5.80. The van der Waals surface area contributed by atoms with E-state index < -0.39 is 0 Å². The number of benzene rings is 1. The lowest BCUT2D eigenvalue weighted by Gasteiger charge is -2.06. The molecule has 5 heteroatoms. The van der Waals surface area contributed by atoms with Gasteiger partial charge in [0.15, 0.2) is 5.96 Å². The zero-order valence-electron chi connectivity index (χ0n) is 13.6. The Hall–Kier alpha value is -1.24. The maximum absolute atomic E-state index is 5.85. The molecular weight excluding hydrogens is 387 g/mol. The molecule has 2 aromatic rings. The second-order valence-corrected chi connectivity index (χ2v) is 5.80. The van der Waals surface area contributed by atoms with E-state index in [9.17, 15) is 0 Å². The van der Waals surface area contributed by atoms with Gasteiger partial charge in [-0.25, -0.2) is 0 Å². The van der Waals surface area contributed by atoms with Crippen molar-refractivity contribution in [2.24, 2.45) is 16.6 Å². The fraction of sp³-hybridized carbons (Fsp3) is 0.471. The molecule has 1 aromatic heterocycles. The molecule has 0 saturated carbocycles. The van der Waals surface area contributed by atoms with Crippen molar-refractivity contribution in [2.75, 3.05) is 13.1 Å². The summed E-state index contributed by atoms with van der Waals surface area (Å²) in [4.78, 5) is 7.70. The third-order valence-corrected chi connectivity index (χ3v) is 3.60. The van der Waals surface area contributed by atoms with Gasteiger partial charge in [0.2, 0.25) is 0 Å². The lowest BCUT2D eigenvalue weighted by molar-refractivity contribution is 0.661. The van der Waals surface area contributed by atoms with Crippen LogP contribution in [-0.2, 0) is 12.8 Å². The number of nitrogens with zero attached hydrogens (tertiary/aromatic N) is 1. The number of fused-ring (bicyclic) bond motifs is 1. The number of halogens is 1. The average molecular weight is 414 g/mol. The number of nitrogens with one attached hydrogen (secondary N) is 2. The first-order chi connectivity index (χ1) is 10.1. The van der Waals surface area contributed by atoms with Crippen molar-refractivity contribution in [3.05, 3.63) is 35.5 Å². The van der Waals surface area contributed by atoms with Crippen molar-refractivity contribution in [3.8, 4) is 0 Å². The molecule has 0 bridgehead atoms. The van der Waals surface area contributed by atoms with Crippen molar-refractivity contribution in [1.82, 2.24) is 10.3 Å². The van der Waals surface area contributed by atoms with Gasteiger partial charge in [-0.2, -0.15) is 0 Å². The van der Waals surface area contributed by atoms with E-state index >= 15 is 0 Å². The molecule has 1 aromatic carbocycles. The molecule has 0 aliphatic rings. The fourth-order valence-electron chi connectivity index (χ4n) is 2.44. The molecule has 0 atom stereocenters. The summed E-state index contributed by atoms with van der Waals surface area (Å²) in [6.07, 6.45) is 4.09. The van der Waals surface area contributed by atoms with Crippen LogP contribution in [0.2, 0.25) is 0 Å². The quantitative estimate of drug-likeness (QED) is 0.385. The van der Waals surface area contributed by atoms with Gasteiger partial charge >= 0.3 is 0 Å². The summed E-state index contributed by atoms with van der Waals surface area (Å²) in [5, 5.41) is 4.50. The molecule has 122 valence electrons. The van der Waals surface area contributed by atoms with Gasteiger partial charge < -0.3 is 16.0 Å². The predicted molar refractivity (Wildman–Crippen MR) is 106 cm³/mol. The Morgan fingerprint density at radius 1 is 1.32 bits per heavy atom. The van der Waals surface area contributed by atoms with Crippen LogP contribution in [0.3, 0.4) is 0 Å². The minimum atomic E-state index is 0. The average Bonchev–Trinajstić information content (AvgIpc) is 2.88. The highest BCUT2D eigenvalue weighted by Gasteiger charge is 2.06. The molecule has 2 rings (SSSR count). The lowest BCUT2D eigenvalue weighted by atomic mass is 10.1. The van der Waals surface area contributed by atoms with Crippen molar-refractivity contribution in [3.63, 3.8) is 0 Å². The lowest BCUT2D eigenvalue weighted by Crippen LogP contribution is -2.33. The van der Waals surface area contributed by atoms with Crippen LogP contribution in [0.5, 0.6) is 0 Å². The fourth-order valence-corrected chi connectivity index (χ4v) is 2.44. The maximum atomic E-state index is 5.85. The number of aromatic nitrogens is 1. The normalized spacial score (nSPS) is 11.7. The SMILES string of the molecule is CCc1cccc2c(CCNC(N)=NCC(C)C)c[nH]c12.I. The predicted octanol–water partition coefficient (Wildman–Crippen LogP) is 3.45. The molecule has 1 heterocycles. The van der Waals surface area contributed by atoms with Crippen LogP contribution >= 0.6 is 24.0 Å². The van der Waals surface area contributed by atoms with E-state index in [0.717, 1.165) is 25.9 Å². The van der Waals surface area contributed by atoms with Gasteiger partial charge in [-0.3, -0.25) is 4.99 Å². The zero-order chi connectivity index (χ0) is 15.2. The van der Waals surface area contributed by atoms with Crippen LogP contribution in [-0.4, -0.2) is 24.0 Å². The highest BCUT2D eigenvalue weighted by atomic mass is 127. The number of hydrogen-bond acceptors (Lipinski definition) is 1. The molecule has 0 unspecified atom stereocenters. The van der Waals surface area contributed by atoms with E-state index in [1.54, 1.807) is 0 Å². The van der Waals surface area contributed by atoms with Gasteiger partial charge in [-0.05, 0) is 29.9 Å². The van der Waals surface area contributed by atoms with Crippen LogP contribution in [0, 0.1) is 5.92 Å². The number of para-hydroxylation sites is 1. The Balaban J connectivity index is 0.00000242. The molecule has 0 saturated heterocycles. The minimum absolute atomic E-state index is 0. The molecule has 22 heavy (non-hydrogen) atoms. The second kappa shape index (κ2) is 9.02. The highest BCUT2D eigenvalue weighted by Crippen LogP contribution is 2.22.